The van der Waals surface area contributed by atoms with Crippen molar-refractivity contribution in [3.05, 3.63) is 0 Å². The van der Waals surface area contributed by atoms with E-state index >= 15 is 0 Å². The molecular weight excluding hydrogens is 676 g/mol. The van der Waals surface area contributed by atoms with E-state index in [9.17, 15) is 25.2 Å². The molecule has 14 nitrogen and oxygen atoms in total. The second kappa shape index (κ2) is 17.0. The average molecular weight is 747 g/mol. The van der Waals surface area contributed by atoms with Crippen molar-refractivity contribution in [1.82, 2.24) is 10.2 Å². The maximum atomic E-state index is 14.3. The van der Waals surface area contributed by atoms with Crippen molar-refractivity contribution in [2.75, 3.05) is 27.9 Å². The number of esters is 1. The third-order valence-corrected chi connectivity index (χ3v) is 12.6. The summed E-state index contributed by atoms with van der Waals surface area (Å²) in [6.45, 7) is 18.4. The molecule has 0 aromatic rings. The molecule has 4 fully saturated rings. The van der Waals surface area contributed by atoms with Gasteiger partial charge in [-0.2, -0.15) is 0 Å². The molecule has 304 valence electrons. The third kappa shape index (κ3) is 9.00. The zero-order valence-electron chi connectivity index (χ0n) is 33.8. The monoisotopic (exact) mass is 746 g/mol. The van der Waals surface area contributed by atoms with Gasteiger partial charge in [-0.05, 0) is 80.8 Å². The van der Waals surface area contributed by atoms with Gasteiger partial charge in [0.15, 0.2) is 12.6 Å². The Labute approximate surface area is 311 Å². The molecular formula is C38H70N2O12. The second-order valence-corrected chi connectivity index (χ2v) is 17.2. The third-order valence-electron chi connectivity index (χ3n) is 12.6. The molecule has 2 unspecified atom stereocenters. The lowest BCUT2D eigenvalue weighted by atomic mass is 9.72. The van der Waals surface area contributed by atoms with Gasteiger partial charge in [0.2, 0.25) is 0 Å². The van der Waals surface area contributed by atoms with Gasteiger partial charge < -0.3 is 58.5 Å². The van der Waals surface area contributed by atoms with Crippen LogP contribution in [0.4, 0.5) is 0 Å². The Hall–Kier alpha value is -1.01. The van der Waals surface area contributed by atoms with E-state index in [-0.39, 0.29) is 49.6 Å². The first-order valence-electron chi connectivity index (χ1n) is 19.3. The fraction of sp³-hybridized carbons (Fsp3) is 0.974. The number of aliphatic hydroxyl groups is 4. The Morgan fingerprint density at radius 1 is 0.962 bits per heavy atom. The number of rotatable bonds is 7. The standard InChI is InChI=1S/C38H70N2O12/c1-14-26-38(10,45)33-21(4)28(39-18-47-33)19(2)16-36(8,44)32(52-35-29(41)25(40(11)12)15-20(3)48-35)22(5)30(23(6)34(43)50-26)51-27-17-37(9,46-13)31(42)24(7)49-27/h19-33,35,39,41-42,44-45H,14-18H2,1-13H3/t19-,20-,21+,22+,23-,24+,25+,26?,27+,28+,29-,30?,31+,32-,33-,35+,36-,37-,38-/m1/s1. The van der Waals surface area contributed by atoms with Crippen LogP contribution >= 0.6 is 0 Å². The summed E-state index contributed by atoms with van der Waals surface area (Å²) >= 11 is 0. The van der Waals surface area contributed by atoms with Gasteiger partial charge in [-0.25, -0.2) is 0 Å². The maximum Gasteiger partial charge on any atom is 0.311 e. The molecule has 2 bridgehead atoms. The van der Waals surface area contributed by atoms with E-state index in [4.69, 9.17) is 33.2 Å². The maximum absolute atomic E-state index is 14.3. The topological polar surface area (TPSA) is 178 Å². The van der Waals surface area contributed by atoms with Crippen molar-refractivity contribution >= 4 is 5.97 Å². The van der Waals surface area contributed by atoms with Gasteiger partial charge >= 0.3 is 5.97 Å². The SMILES string of the molecule is CCC1OC(=O)[C@H](C)C(O[C@H]2C[C@@](C)(OC)[C@@H](O)[C@H](C)O2)[C@H](C)[C@@H](O[C@@H]2O[C@H](C)C[C@H](N(C)C)[C@H]2O)[C@](C)(O)C[C@@H](C)[C@@H]2NCO[C@H]([C@H]2C)[C@]1(C)O. The van der Waals surface area contributed by atoms with E-state index in [1.807, 2.05) is 53.6 Å². The number of hydrogen-bond donors (Lipinski definition) is 5. The first-order valence-corrected chi connectivity index (χ1v) is 19.3. The van der Waals surface area contributed by atoms with Crippen LogP contribution in [0.3, 0.4) is 0 Å². The molecule has 0 amide bonds. The van der Waals surface area contributed by atoms with E-state index in [0.717, 1.165) is 0 Å². The summed E-state index contributed by atoms with van der Waals surface area (Å²) in [5.41, 5.74) is -4.08. The van der Waals surface area contributed by atoms with Gasteiger partial charge in [0.1, 0.15) is 23.9 Å². The first-order chi connectivity index (χ1) is 24.1. The average Bonchev–Trinajstić information content (AvgIpc) is 3.06. The minimum absolute atomic E-state index is 0.148. The summed E-state index contributed by atoms with van der Waals surface area (Å²) in [4.78, 5) is 16.2. The summed E-state index contributed by atoms with van der Waals surface area (Å²) in [6.07, 6.45) is -7.09. The number of methoxy groups -OCH3 is 1. The summed E-state index contributed by atoms with van der Waals surface area (Å²) in [5.74, 6) is -2.65. The van der Waals surface area contributed by atoms with E-state index < -0.39 is 89.9 Å². The fourth-order valence-corrected chi connectivity index (χ4v) is 9.53. The Kier molecular flexibility index (Phi) is 14.3. The fourth-order valence-electron chi connectivity index (χ4n) is 9.53. The van der Waals surface area contributed by atoms with Gasteiger partial charge in [-0.3, -0.25) is 10.1 Å². The van der Waals surface area contributed by atoms with E-state index in [2.05, 4.69) is 5.32 Å². The van der Waals surface area contributed by atoms with Gasteiger partial charge in [-0.15, -0.1) is 0 Å². The van der Waals surface area contributed by atoms with Crippen molar-refractivity contribution in [2.24, 2.45) is 23.7 Å². The summed E-state index contributed by atoms with van der Waals surface area (Å²) < 4.78 is 43.9. The highest BCUT2D eigenvalue weighted by molar-refractivity contribution is 5.73. The van der Waals surface area contributed by atoms with Crippen LogP contribution in [-0.4, -0.2) is 150 Å². The van der Waals surface area contributed by atoms with E-state index in [1.54, 1.807) is 34.6 Å². The molecule has 0 aromatic carbocycles. The molecule has 5 N–H and O–H groups in total. The number of hydrogen-bond acceptors (Lipinski definition) is 14. The zero-order valence-corrected chi connectivity index (χ0v) is 33.8. The summed E-state index contributed by atoms with van der Waals surface area (Å²) in [7, 11) is 5.32. The molecule has 0 saturated carbocycles. The predicted molar refractivity (Wildman–Crippen MR) is 192 cm³/mol. The van der Waals surface area contributed by atoms with Crippen molar-refractivity contribution in [2.45, 2.75) is 185 Å². The Bertz CT molecular complexity index is 1170. The quantitative estimate of drug-likeness (QED) is 0.240. The Morgan fingerprint density at radius 3 is 2.21 bits per heavy atom. The van der Waals surface area contributed by atoms with Crippen LogP contribution in [-0.2, 0) is 38.0 Å². The molecule has 4 aliphatic heterocycles. The summed E-state index contributed by atoms with van der Waals surface area (Å²) in [5, 5.41) is 50.6. The Balaban J connectivity index is 1.83. The highest BCUT2D eigenvalue weighted by Crippen LogP contribution is 2.42. The molecule has 0 spiro atoms. The Morgan fingerprint density at radius 2 is 1.62 bits per heavy atom. The number of nitrogens with one attached hydrogen (secondary N) is 1. The molecule has 0 aliphatic carbocycles. The normalized spacial score (nSPS) is 51.5. The second-order valence-electron chi connectivity index (χ2n) is 17.2. The lowest BCUT2D eigenvalue weighted by Gasteiger charge is -2.51. The minimum Gasteiger partial charge on any atom is -0.459 e. The number of fused-ring (bicyclic) bond motifs is 2. The molecule has 52 heavy (non-hydrogen) atoms. The lowest BCUT2D eigenvalue weighted by molar-refractivity contribution is -0.318. The van der Waals surface area contributed by atoms with Crippen LogP contribution < -0.4 is 5.32 Å². The van der Waals surface area contributed by atoms with Crippen molar-refractivity contribution in [3.63, 3.8) is 0 Å². The molecule has 19 atom stereocenters. The van der Waals surface area contributed by atoms with Crippen LogP contribution in [0.25, 0.3) is 0 Å². The molecule has 14 heteroatoms. The van der Waals surface area contributed by atoms with Crippen molar-refractivity contribution < 1.29 is 58.4 Å². The summed E-state index contributed by atoms with van der Waals surface area (Å²) in [6, 6.07) is -0.439. The molecule has 0 radical (unpaired) electrons. The van der Waals surface area contributed by atoms with Crippen LogP contribution in [0.1, 0.15) is 94.9 Å². The highest BCUT2D eigenvalue weighted by Gasteiger charge is 2.54. The van der Waals surface area contributed by atoms with E-state index in [1.165, 1.54) is 7.11 Å². The van der Waals surface area contributed by atoms with Gasteiger partial charge in [0.25, 0.3) is 0 Å². The van der Waals surface area contributed by atoms with Crippen molar-refractivity contribution in [3.8, 4) is 0 Å². The number of nitrogens with zero attached hydrogens (tertiary/aromatic N) is 1. The molecule has 4 rings (SSSR count). The highest BCUT2D eigenvalue weighted by atomic mass is 16.7. The zero-order chi connectivity index (χ0) is 39.1. The first kappa shape index (κ1) is 43.7. The van der Waals surface area contributed by atoms with Crippen LogP contribution in [0.2, 0.25) is 0 Å². The number of carbonyl (C=O) groups excluding carboxylic acids is 1. The van der Waals surface area contributed by atoms with Gasteiger partial charge in [0, 0.05) is 37.5 Å². The number of aliphatic hydroxyl groups excluding tert-OH is 2. The molecule has 4 saturated heterocycles. The number of ether oxygens (including phenoxy) is 7. The van der Waals surface area contributed by atoms with Crippen molar-refractivity contribution in [1.29, 1.82) is 0 Å². The minimum atomic E-state index is -1.55. The van der Waals surface area contributed by atoms with Crippen LogP contribution in [0, 0.1) is 23.7 Å². The molecule has 4 aliphatic rings. The van der Waals surface area contributed by atoms with Gasteiger partial charge in [-0.1, -0.05) is 27.7 Å². The van der Waals surface area contributed by atoms with Gasteiger partial charge in [0.05, 0.1) is 54.4 Å². The molecule has 4 heterocycles. The lowest BCUT2D eigenvalue weighted by Crippen LogP contribution is -2.64. The number of likely N-dealkylation sites (N-methyl/N-ethyl adjacent to an activating group) is 1. The number of carbonyl (C=O) groups is 1. The largest absolute Gasteiger partial charge is 0.459 e. The smallest absolute Gasteiger partial charge is 0.311 e. The van der Waals surface area contributed by atoms with Crippen LogP contribution in [0.5, 0.6) is 0 Å². The van der Waals surface area contributed by atoms with Crippen LogP contribution in [0.15, 0.2) is 0 Å². The van der Waals surface area contributed by atoms with E-state index in [0.29, 0.717) is 12.8 Å². The predicted octanol–water partition coefficient (Wildman–Crippen LogP) is 2.17. The number of cyclic esters (lactones) is 1. The molecule has 0 aromatic heterocycles.